The summed E-state index contributed by atoms with van der Waals surface area (Å²) in [5, 5.41) is 0. The summed E-state index contributed by atoms with van der Waals surface area (Å²) in [5.74, 6) is 0. The van der Waals surface area contributed by atoms with Gasteiger partial charge >= 0.3 is 0 Å². The standard InChI is InChI=1S/C39H39N/c1-26-21-22-30(28-15-10-8-11-16-28)24-35(26)40(38(3,4)5)36-25-34-32(23-27(36)2)37-31(29-17-12-9-13-18-29)19-14-20-33(37)39(34,6)7/h8-25H,1-7H3. The van der Waals surface area contributed by atoms with Crippen molar-refractivity contribution in [1.29, 1.82) is 0 Å². The van der Waals surface area contributed by atoms with Gasteiger partial charge in [0.25, 0.3) is 0 Å². The van der Waals surface area contributed by atoms with Crippen molar-refractivity contribution >= 4 is 11.4 Å². The van der Waals surface area contributed by atoms with Crippen LogP contribution in [0.2, 0.25) is 0 Å². The van der Waals surface area contributed by atoms with Gasteiger partial charge in [0.05, 0.1) is 0 Å². The van der Waals surface area contributed by atoms with E-state index >= 15 is 0 Å². The fourth-order valence-corrected chi connectivity index (χ4v) is 6.54. The van der Waals surface area contributed by atoms with Crippen molar-refractivity contribution in [1.82, 2.24) is 0 Å². The second kappa shape index (κ2) is 9.52. The van der Waals surface area contributed by atoms with E-state index in [4.69, 9.17) is 0 Å². The first-order chi connectivity index (χ1) is 19.1. The first-order valence-electron chi connectivity index (χ1n) is 14.4. The molecule has 0 unspecified atom stereocenters. The molecular weight excluding hydrogens is 482 g/mol. The average molecular weight is 522 g/mol. The van der Waals surface area contributed by atoms with Crippen molar-refractivity contribution in [3.63, 3.8) is 0 Å². The van der Waals surface area contributed by atoms with E-state index in [1.54, 1.807) is 0 Å². The molecule has 0 atom stereocenters. The number of hydrogen-bond donors (Lipinski definition) is 0. The van der Waals surface area contributed by atoms with Crippen LogP contribution in [-0.4, -0.2) is 5.54 Å². The lowest BCUT2D eigenvalue weighted by atomic mass is 9.81. The van der Waals surface area contributed by atoms with Crippen LogP contribution in [0.5, 0.6) is 0 Å². The Hall–Kier alpha value is -4.10. The van der Waals surface area contributed by atoms with E-state index in [-0.39, 0.29) is 11.0 Å². The zero-order valence-electron chi connectivity index (χ0n) is 24.8. The summed E-state index contributed by atoms with van der Waals surface area (Å²) < 4.78 is 0. The zero-order chi connectivity index (χ0) is 28.2. The minimum atomic E-state index is -0.121. The van der Waals surface area contributed by atoms with Gasteiger partial charge in [0.2, 0.25) is 0 Å². The summed E-state index contributed by atoms with van der Waals surface area (Å²) in [6.07, 6.45) is 0. The van der Waals surface area contributed by atoms with E-state index in [1.165, 1.54) is 67.0 Å². The molecule has 0 spiro atoms. The Bertz CT molecular complexity index is 1700. The first kappa shape index (κ1) is 26.1. The van der Waals surface area contributed by atoms with Crippen LogP contribution in [0.25, 0.3) is 33.4 Å². The van der Waals surface area contributed by atoms with E-state index in [2.05, 4.69) is 163 Å². The van der Waals surface area contributed by atoms with Crippen molar-refractivity contribution in [2.24, 2.45) is 0 Å². The van der Waals surface area contributed by atoms with E-state index in [9.17, 15) is 0 Å². The third kappa shape index (κ3) is 4.25. The molecule has 0 saturated carbocycles. The third-order valence-electron chi connectivity index (χ3n) is 8.57. The molecular formula is C39H39N. The minimum absolute atomic E-state index is 0.0948. The molecule has 1 heteroatoms. The Balaban J connectivity index is 1.56. The number of rotatable bonds is 4. The maximum atomic E-state index is 2.56. The van der Waals surface area contributed by atoms with Gasteiger partial charge in [-0.05, 0) is 108 Å². The molecule has 5 aromatic rings. The summed E-state index contributed by atoms with van der Waals surface area (Å²) >= 11 is 0. The largest absolute Gasteiger partial charge is 0.336 e. The molecule has 200 valence electrons. The lowest BCUT2D eigenvalue weighted by Crippen LogP contribution is -2.38. The van der Waals surface area contributed by atoms with Gasteiger partial charge in [-0.3, -0.25) is 0 Å². The highest BCUT2D eigenvalue weighted by Crippen LogP contribution is 2.54. The maximum Gasteiger partial charge on any atom is 0.0451 e. The van der Waals surface area contributed by atoms with Gasteiger partial charge in [-0.15, -0.1) is 0 Å². The summed E-state index contributed by atoms with van der Waals surface area (Å²) in [6.45, 7) is 16.2. The van der Waals surface area contributed by atoms with Crippen LogP contribution in [-0.2, 0) is 5.41 Å². The van der Waals surface area contributed by atoms with Crippen molar-refractivity contribution in [3.8, 4) is 33.4 Å². The molecule has 5 aromatic carbocycles. The quantitative estimate of drug-likeness (QED) is 0.227. The average Bonchev–Trinajstić information content (AvgIpc) is 3.16. The second-order valence-electron chi connectivity index (χ2n) is 12.8. The fourth-order valence-electron chi connectivity index (χ4n) is 6.54. The molecule has 0 heterocycles. The topological polar surface area (TPSA) is 3.24 Å². The molecule has 1 nitrogen and oxygen atoms in total. The molecule has 40 heavy (non-hydrogen) atoms. The van der Waals surface area contributed by atoms with Gasteiger partial charge in [0.1, 0.15) is 0 Å². The van der Waals surface area contributed by atoms with E-state index in [1.807, 2.05) is 0 Å². The van der Waals surface area contributed by atoms with Crippen LogP contribution in [0.1, 0.15) is 56.9 Å². The van der Waals surface area contributed by atoms with Gasteiger partial charge in [-0.1, -0.05) is 105 Å². The molecule has 0 aromatic heterocycles. The normalized spacial score (nSPS) is 13.6. The second-order valence-corrected chi connectivity index (χ2v) is 12.8. The summed E-state index contributed by atoms with van der Waals surface area (Å²) in [7, 11) is 0. The van der Waals surface area contributed by atoms with Crippen molar-refractivity contribution in [2.75, 3.05) is 4.90 Å². The molecule has 0 bridgehead atoms. The minimum Gasteiger partial charge on any atom is -0.336 e. The summed E-state index contributed by atoms with van der Waals surface area (Å²) in [4.78, 5) is 2.56. The van der Waals surface area contributed by atoms with Gasteiger partial charge in [-0.25, -0.2) is 0 Å². The number of fused-ring (bicyclic) bond motifs is 3. The smallest absolute Gasteiger partial charge is 0.0451 e. The van der Waals surface area contributed by atoms with Crippen LogP contribution < -0.4 is 4.90 Å². The summed E-state index contributed by atoms with van der Waals surface area (Å²) in [6, 6.07) is 40.2. The Morgan fingerprint density at radius 2 is 1.15 bits per heavy atom. The highest BCUT2D eigenvalue weighted by molar-refractivity contribution is 5.94. The number of hydrogen-bond acceptors (Lipinski definition) is 1. The Morgan fingerprint density at radius 1 is 0.525 bits per heavy atom. The van der Waals surface area contributed by atoms with Crippen LogP contribution in [0, 0.1) is 13.8 Å². The number of benzene rings is 5. The van der Waals surface area contributed by atoms with Gasteiger partial charge in [-0.2, -0.15) is 0 Å². The van der Waals surface area contributed by atoms with Crippen molar-refractivity contribution in [3.05, 3.63) is 131 Å². The fraction of sp³-hybridized carbons (Fsp3) is 0.231. The Labute approximate surface area is 240 Å². The molecule has 0 saturated heterocycles. The van der Waals surface area contributed by atoms with Gasteiger partial charge in [0.15, 0.2) is 0 Å². The number of anilines is 2. The molecule has 0 N–H and O–H groups in total. The maximum absolute atomic E-state index is 2.56. The van der Waals surface area contributed by atoms with Crippen LogP contribution in [0.3, 0.4) is 0 Å². The van der Waals surface area contributed by atoms with Crippen molar-refractivity contribution in [2.45, 2.75) is 59.4 Å². The lowest BCUT2D eigenvalue weighted by molar-refractivity contribution is 0.557. The molecule has 0 amide bonds. The van der Waals surface area contributed by atoms with Gasteiger partial charge in [0, 0.05) is 22.3 Å². The summed E-state index contributed by atoms with van der Waals surface area (Å²) in [5.41, 5.74) is 15.5. The Morgan fingerprint density at radius 3 is 1.80 bits per heavy atom. The molecule has 1 aliphatic rings. The Kier molecular flexibility index (Phi) is 6.22. The predicted molar refractivity (Wildman–Crippen MR) is 173 cm³/mol. The van der Waals surface area contributed by atoms with E-state index in [0.29, 0.717) is 0 Å². The SMILES string of the molecule is Cc1ccc(-c2ccccc2)cc1N(c1cc2c(cc1C)-c1c(-c3ccccc3)cccc1C2(C)C)C(C)(C)C. The predicted octanol–water partition coefficient (Wildman–Crippen LogP) is 10.9. The van der Waals surface area contributed by atoms with E-state index < -0.39 is 0 Å². The zero-order valence-corrected chi connectivity index (χ0v) is 24.8. The van der Waals surface area contributed by atoms with Crippen LogP contribution >= 0.6 is 0 Å². The highest BCUT2D eigenvalue weighted by atomic mass is 15.2. The first-order valence-corrected chi connectivity index (χ1v) is 14.4. The van der Waals surface area contributed by atoms with Crippen molar-refractivity contribution < 1.29 is 0 Å². The molecule has 0 radical (unpaired) electrons. The molecule has 1 aliphatic carbocycles. The van der Waals surface area contributed by atoms with Crippen LogP contribution in [0.15, 0.2) is 109 Å². The molecule has 0 fully saturated rings. The van der Waals surface area contributed by atoms with Gasteiger partial charge < -0.3 is 4.90 Å². The van der Waals surface area contributed by atoms with E-state index in [0.717, 1.165) is 0 Å². The highest BCUT2D eigenvalue weighted by Gasteiger charge is 2.38. The monoisotopic (exact) mass is 521 g/mol. The molecule has 0 aliphatic heterocycles. The molecule has 6 rings (SSSR count). The number of aryl methyl sites for hydroxylation is 2. The van der Waals surface area contributed by atoms with Crippen LogP contribution in [0.4, 0.5) is 11.4 Å². The number of nitrogens with zero attached hydrogens (tertiary/aromatic N) is 1. The third-order valence-corrected chi connectivity index (χ3v) is 8.57. The lowest BCUT2D eigenvalue weighted by Gasteiger charge is -2.40.